The third-order valence-electron chi connectivity index (χ3n) is 2.45. The molecule has 0 radical (unpaired) electrons. The second-order valence-electron chi connectivity index (χ2n) is 3.49. The predicted octanol–water partition coefficient (Wildman–Crippen LogP) is 3.82. The SMILES string of the molecule is CCN(CCOC)c1ccc(CBr)cc1Br. The lowest BCUT2D eigenvalue weighted by atomic mass is 10.2. The molecule has 4 heteroatoms. The number of likely N-dealkylation sites (N-methyl/N-ethyl adjacent to an activating group) is 1. The summed E-state index contributed by atoms with van der Waals surface area (Å²) in [5.41, 5.74) is 2.50. The van der Waals surface area contributed by atoms with Crippen LogP contribution in [0.5, 0.6) is 0 Å². The van der Waals surface area contributed by atoms with E-state index in [1.54, 1.807) is 7.11 Å². The molecule has 0 spiro atoms. The molecular weight excluding hydrogens is 334 g/mol. The lowest BCUT2D eigenvalue weighted by molar-refractivity contribution is 0.205. The Balaban J connectivity index is 2.83. The maximum absolute atomic E-state index is 5.12. The van der Waals surface area contributed by atoms with E-state index >= 15 is 0 Å². The molecule has 0 amide bonds. The Labute approximate surface area is 114 Å². The number of ether oxygens (including phenoxy) is 1. The molecule has 0 bridgehead atoms. The highest BCUT2D eigenvalue weighted by molar-refractivity contribution is 9.10. The molecule has 1 aromatic carbocycles. The standard InChI is InChI=1S/C12H17Br2NO/c1-3-15(6-7-16-2)12-5-4-10(9-13)8-11(12)14/h4-5,8H,3,6-7,9H2,1-2H3. The zero-order valence-corrected chi connectivity index (χ0v) is 12.8. The Kier molecular flexibility index (Phi) is 6.39. The van der Waals surface area contributed by atoms with Crippen molar-refractivity contribution in [2.24, 2.45) is 0 Å². The van der Waals surface area contributed by atoms with Crippen LogP contribution in [0.2, 0.25) is 0 Å². The largest absolute Gasteiger partial charge is 0.383 e. The third kappa shape index (κ3) is 3.75. The van der Waals surface area contributed by atoms with Crippen LogP contribution in [-0.4, -0.2) is 26.8 Å². The van der Waals surface area contributed by atoms with Gasteiger partial charge >= 0.3 is 0 Å². The van der Waals surface area contributed by atoms with Gasteiger partial charge in [-0.25, -0.2) is 0 Å². The fraction of sp³-hybridized carbons (Fsp3) is 0.500. The Hall–Kier alpha value is -0.0600. The number of hydrogen-bond acceptors (Lipinski definition) is 2. The highest BCUT2D eigenvalue weighted by Crippen LogP contribution is 2.27. The zero-order valence-electron chi connectivity index (χ0n) is 9.67. The van der Waals surface area contributed by atoms with Gasteiger partial charge in [0.25, 0.3) is 0 Å². The van der Waals surface area contributed by atoms with E-state index in [2.05, 4.69) is 61.9 Å². The van der Waals surface area contributed by atoms with E-state index in [1.165, 1.54) is 11.3 Å². The molecule has 1 rings (SSSR count). The van der Waals surface area contributed by atoms with Crippen LogP contribution >= 0.6 is 31.9 Å². The number of hydrogen-bond donors (Lipinski definition) is 0. The normalized spacial score (nSPS) is 10.5. The second kappa shape index (κ2) is 7.30. The average molecular weight is 351 g/mol. The van der Waals surface area contributed by atoms with Crippen LogP contribution in [0.25, 0.3) is 0 Å². The van der Waals surface area contributed by atoms with Crippen molar-refractivity contribution < 1.29 is 4.74 Å². The molecular formula is C12H17Br2NO. The summed E-state index contributed by atoms with van der Waals surface area (Å²) < 4.78 is 6.26. The Morgan fingerprint density at radius 2 is 2.12 bits per heavy atom. The number of nitrogens with zero attached hydrogens (tertiary/aromatic N) is 1. The smallest absolute Gasteiger partial charge is 0.0637 e. The molecule has 90 valence electrons. The minimum Gasteiger partial charge on any atom is -0.383 e. The average Bonchev–Trinajstić information content (AvgIpc) is 2.31. The predicted molar refractivity (Wildman–Crippen MR) is 76.5 cm³/mol. The van der Waals surface area contributed by atoms with E-state index in [4.69, 9.17) is 4.74 Å². The maximum atomic E-state index is 5.12. The molecule has 0 saturated carbocycles. The van der Waals surface area contributed by atoms with Gasteiger partial charge in [0, 0.05) is 30.0 Å². The Bertz CT molecular complexity index is 331. The Morgan fingerprint density at radius 3 is 2.62 bits per heavy atom. The van der Waals surface area contributed by atoms with Crippen LogP contribution in [0.4, 0.5) is 5.69 Å². The van der Waals surface area contributed by atoms with E-state index in [-0.39, 0.29) is 0 Å². The van der Waals surface area contributed by atoms with Gasteiger partial charge in [-0.3, -0.25) is 0 Å². The van der Waals surface area contributed by atoms with Gasteiger partial charge in [0.05, 0.1) is 12.3 Å². The van der Waals surface area contributed by atoms with E-state index in [0.717, 1.165) is 29.5 Å². The number of halogens is 2. The lowest BCUT2D eigenvalue weighted by Gasteiger charge is -2.24. The summed E-state index contributed by atoms with van der Waals surface area (Å²) in [7, 11) is 1.73. The van der Waals surface area contributed by atoms with Crippen LogP contribution in [0.15, 0.2) is 22.7 Å². The first-order valence-electron chi connectivity index (χ1n) is 5.31. The molecule has 0 N–H and O–H groups in total. The molecule has 2 nitrogen and oxygen atoms in total. The molecule has 0 aromatic heterocycles. The molecule has 16 heavy (non-hydrogen) atoms. The van der Waals surface area contributed by atoms with Crippen molar-refractivity contribution >= 4 is 37.5 Å². The molecule has 0 aliphatic rings. The van der Waals surface area contributed by atoms with Gasteiger partial charge in [0.2, 0.25) is 0 Å². The van der Waals surface area contributed by atoms with Gasteiger partial charge in [0.1, 0.15) is 0 Å². The van der Waals surface area contributed by atoms with Crippen LogP contribution in [-0.2, 0) is 10.1 Å². The number of benzene rings is 1. The molecule has 0 heterocycles. The number of alkyl halides is 1. The van der Waals surface area contributed by atoms with Crippen molar-refractivity contribution in [3.8, 4) is 0 Å². The lowest BCUT2D eigenvalue weighted by Crippen LogP contribution is -2.27. The fourth-order valence-electron chi connectivity index (χ4n) is 1.54. The van der Waals surface area contributed by atoms with E-state index in [0.29, 0.717) is 0 Å². The minimum absolute atomic E-state index is 0.750. The minimum atomic E-state index is 0.750. The molecule has 0 unspecified atom stereocenters. The van der Waals surface area contributed by atoms with E-state index in [1.807, 2.05) is 0 Å². The van der Waals surface area contributed by atoms with Gasteiger partial charge in [-0.2, -0.15) is 0 Å². The maximum Gasteiger partial charge on any atom is 0.0637 e. The zero-order chi connectivity index (χ0) is 12.0. The third-order valence-corrected chi connectivity index (χ3v) is 3.74. The summed E-state index contributed by atoms with van der Waals surface area (Å²) in [6, 6.07) is 6.45. The Morgan fingerprint density at radius 1 is 1.38 bits per heavy atom. The van der Waals surface area contributed by atoms with Gasteiger partial charge in [-0.05, 0) is 40.5 Å². The van der Waals surface area contributed by atoms with Crippen molar-refractivity contribution in [1.29, 1.82) is 0 Å². The van der Waals surface area contributed by atoms with Crippen LogP contribution < -0.4 is 4.90 Å². The summed E-state index contributed by atoms with van der Waals surface area (Å²) in [5.74, 6) is 0. The summed E-state index contributed by atoms with van der Waals surface area (Å²) in [5, 5.41) is 0.885. The first kappa shape index (κ1) is 14.0. The van der Waals surface area contributed by atoms with E-state index in [9.17, 15) is 0 Å². The van der Waals surface area contributed by atoms with Gasteiger partial charge in [-0.1, -0.05) is 22.0 Å². The quantitative estimate of drug-likeness (QED) is 0.723. The van der Waals surface area contributed by atoms with Crippen LogP contribution in [0, 0.1) is 0 Å². The number of anilines is 1. The molecule has 0 atom stereocenters. The number of methoxy groups -OCH3 is 1. The summed E-state index contributed by atoms with van der Waals surface area (Å²) in [4.78, 5) is 2.30. The first-order valence-corrected chi connectivity index (χ1v) is 7.22. The molecule has 1 aromatic rings. The highest BCUT2D eigenvalue weighted by atomic mass is 79.9. The summed E-state index contributed by atoms with van der Waals surface area (Å²) in [6.07, 6.45) is 0. The summed E-state index contributed by atoms with van der Waals surface area (Å²) in [6.45, 7) is 4.80. The molecule has 0 aliphatic heterocycles. The van der Waals surface area contributed by atoms with Crippen molar-refractivity contribution in [3.63, 3.8) is 0 Å². The van der Waals surface area contributed by atoms with Gasteiger partial charge in [-0.15, -0.1) is 0 Å². The number of rotatable bonds is 6. The monoisotopic (exact) mass is 349 g/mol. The molecule has 0 saturated heterocycles. The van der Waals surface area contributed by atoms with E-state index < -0.39 is 0 Å². The molecule has 0 aliphatic carbocycles. The van der Waals surface area contributed by atoms with Crippen molar-refractivity contribution in [2.45, 2.75) is 12.3 Å². The van der Waals surface area contributed by atoms with Crippen molar-refractivity contribution in [1.82, 2.24) is 0 Å². The van der Waals surface area contributed by atoms with Gasteiger partial charge < -0.3 is 9.64 Å². The topological polar surface area (TPSA) is 12.5 Å². The van der Waals surface area contributed by atoms with Crippen molar-refractivity contribution in [2.75, 3.05) is 31.7 Å². The van der Waals surface area contributed by atoms with Gasteiger partial charge in [0.15, 0.2) is 0 Å². The summed E-state index contributed by atoms with van der Waals surface area (Å²) >= 11 is 7.08. The fourth-order valence-corrected chi connectivity index (χ4v) is 2.57. The second-order valence-corrected chi connectivity index (χ2v) is 4.91. The van der Waals surface area contributed by atoms with Crippen LogP contribution in [0.1, 0.15) is 12.5 Å². The van der Waals surface area contributed by atoms with Crippen LogP contribution in [0.3, 0.4) is 0 Å². The van der Waals surface area contributed by atoms with Crippen molar-refractivity contribution in [3.05, 3.63) is 28.2 Å². The highest BCUT2D eigenvalue weighted by Gasteiger charge is 2.08. The first-order chi connectivity index (χ1) is 7.72. The molecule has 0 fully saturated rings.